The molecule has 3 aromatic carbocycles. The molecule has 0 unspecified atom stereocenters. The molecule has 0 bridgehead atoms. The van der Waals surface area contributed by atoms with Gasteiger partial charge in [0.05, 0.1) is 10.0 Å². The molecular weight excluding hydrogens is 471 g/mol. The van der Waals surface area contributed by atoms with E-state index >= 15 is 0 Å². The quantitative estimate of drug-likeness (QED) is 0.281. The third-order valence-corrected chi connectivity index (χ3v) is 5.73. The first kappa shape index (κ1) is 20.6. The summed E-state index contributed by atoms with van der Waals surface area (Å²) in [6.07, 6.45) is 0. The van der Waals surface area contributed by atoms with E-state index in [0.29, 0.717) is 49.1 Å². The number of rotatable bonds is 4. The van der Waals surface area contributed by atoms with E-state index in [1.807, 2.05) is 6.07 Å². The van der Waals surface area contributed by atoms with Crippen LogP contribution >= 0.6 is 34.8 Å². The first-order valence-electron chi connectivity index (χ1n) is 9.49. The number of anilines is 1. The van der Waals surface area contributed by atoms with Crippen molar-refractivity contribution >= 4 is 57.5 Å². The Morgan fingerprint density at radius 1 is 0.812 bits per heavy atom. The van der Waals surface area contributed by atoms with Crippen molar-refractivity contribution in [1.82, 2.24) is 4.98 Å². The molecule has 0 saturated carbocycles. The highest BCUT2D eigenvalue weighted by Crippen LogP contribution is 2.30. The Hall–Kier alpha value is -3.25. The third-order valence-electron chi connectivity index (χ3n) is 4.75. The van der Waals surface area contributed by atoms with Crippen molar-refractivity contribution < 1.29 is 13.6 Å². The van der Waals surface area contributed by atoms with Crippen molar-refractivity contribution in [3.8, 4) is 22.8 Å². The first-order valence-corrected chi connectivity index (χ1v) is 10.6. The smallest absolute Gasteiger partial charge is 0.291 e. The number of aromatic nitrogens is 1. The fraction of sp³-hybridized carbons (Fsp3) is 0. The van der Waals surface area contributed by atoms with E-state index in [1.165, 1.54) is 0 Å². The molecule has 2 aromatic heterocycles. The molecule has 1 amide bonds. The van der Waals surface area contributed by atoms with Crippen molar-refractivity contribution in [3.63, 3.8) is 0 Å². The van der Waals surface area contributed by atoms with Crippen LogP contribution in [-0.4, -0.2) is 10.9 Å². The molecule has 1 N–H and O–H groups in total. The van der Waals surface area contributed by atoms with E-state index in [-0.39, 0.29) is 5.76 Å². The van der Waals surface area contributed by atoms with Gasteiger partial charge in [-0.1, -0.05) is 40.9 Å². The van der Waals surface area contributed by atoms with E-state index in [2.05, 4.69) is 10.3 Å². The van der Waals surface area contributed by atoms with Gasteiger partial charge in [-0.3, -0.25) is 4.79 Å². The normalized spacial score (nSPS) is 11.1. The zero-order chi connectivity index (χ0) is 22.2. The van der Waals surface area contributed by atoms with Gasteiger partial charge in [0.25, 0.3) is 5.91 Å². The second kappa shape index (κ2) is 8.36. The molecule has 158 valence electrons. The molecular formula is C24H13Cl3N2O3. The molecule has 8 heteroatoms. The molecule has 0 aliphatic heterocycles. The Morgan fingerprint density at radius 3 is 2.53 bits per heavy atom. The van der Waals surface area contributed by atoms with Crippen molar-refractivity contribution in [2.24, 2.45) is 0 Å². The van der Waals surface area contributed by atoms with E-state index in [4.69, 9.17) is 43.6 Å². The molecule has 0 fully saturated rings. The molecule has 0 spiro atoms. The lowest BCUT2D eigenvalue weighted by Crippen LogP contribution is -2.10. The van der Waals surface area contributed by atoms with Crippen molar-refractivity contribution in [1.29, 1.82) is 0 Å². The summed E-state index contributed by atoms with van der Waals surface area (Å²) in [6.45, 7) is 0. The number of oxazole rings is 1. The Balaban J connectivity index is 1.37. The number of hydrogen-bond acceptors (Lipinski definition) is 4. The van der Waals surface area contributed by atoms with Crippen LogP contribution in [0.4, 0.5) is 5.69 Å². The van der Waals surface area contributed by atoms with E-state index in [9.17, 15) is 4.79 Å². The molecule has 5 rings (SSSR count). The lowest BCUT2D eigenvalue weighted by atomic mass is 10.2. The first-order chi connectivity index (χ1) is 15.5. The Morgan fingerprint density at radius 2 is 1.69 bits per heavy atom. The van der Waals surface area contributed by atoms with Crippen LogP contribution in [0.3, 0.4) is 0 Å². The molecule has 0 radical (unpaired) electrons. The molecule has 0 aliphatic carbocycles. The van der Waals surface area contributed by atoms with Crippen LogP contribution in [0, 0.1) is 0 Å². The lowest BCUT2D eigenvalue weighted by Gasteiger charge is -2.05. The summed E-state index contributed by atoms with van der Waals surface area (Å²) >= 11 is 18.0. The van der Waals surface area contributed by atoms with Crippen LogP contribution in [0.5, 0.6) is 0 Å². The predicted molar refractivity (Wildman–Crippen MR) is 127 cm³/mol. The van der Waals surface area contributed by atoms with Gasteiger partial charge >= 0.3 is 0 Å². The minimum Gasteiger partial charge on any atom is -0.451 e. The second-order valence-electron chi connectivity index (χ2n) is 6.96. The molecule has 0 aliphatic rings. The number of carbonyl (C=O) groups is 1. The van der Waals surface area contributed by atoms with Gasteiger partial charge in [0.15, 0.2) is 11.3 Å². The van der Waals surface area contributed by atoms with Crippen molar-refractivity contribution in [3.05, 3.63) is 93.6 Å². The summed E-state index contributed by atoms with van der Waals surface area (Å²) in [6, 6.07) is 20.9. The van der Waals surface area contributed by atoms with Gasteiger partial charge in [0, 0.05) is 21.8 Å². The SMILES string of the molecule is O=C(Nc1cccc(-c2nc3cc(Cl)ccc3o2)c1)c1ccc(-c2ccc(Cl)c(Cl)c2)o1. The van der Waals surface area contributed by atoms with Crippen LogP contribution in [-0.2, 0) is 0 Å². The van der Waals surface area contributed by atoms with Gasteiger partial charge in [-0.2, -0.15) is 0 Å². The van der Waals surface area contributed by atoms with Crippen molar-refractivity contribution in [2.45, 2.75) is 0 Å². The number of nitrogens with one attached hydrogen (secondary N) is 1. The molecule has 2 heterocycles. The average Bonchev–Trinajstić information content (AvgIpc) is 3.43. The summed E-state index contributed by atoms with van der Waals surface area (Å²) in [5.74, 6) is 0.705. The third kappa shape index (κ3) is 4.10. The predicted octanol–water partition coefficient (Wildman–Crippen LogP) is 7.97. The van der Waals surface area contributed by atoms with Crippen LogP contribution < -0.4 is 5.32 Å². The Labute approximate surface area is 197 Å². The van der Waals surface area contributed by atoms with Crippen LogP contribution in [0.2, 0.25) is 15.1 Å². The Kier molecular flexibility index (Phi) is 5.39. The summed E-state index contributed by atoms with van der Waals surface area (Å²) in [7, 11) is 0. The summed E-state index contributed by atoms with van der Waals surface area (Å²) < 4.78 is 11.5. The number of hydrogen-bond donors (Lipinski definition) is 1. The van der Waals surface area contributed by atoms with Gasteiger partial charge in [-0.25, -0.2) is 4.98 Å². The van der Waals surface area contributed by atoms with Crippen molar-refractivity contribution in [2.75, 3.05) is 5.32 Å². The van der Waals surface area contributed by atoms with E-state index < -0.39 is 5.91 Å². The highest BCUT2D eigenvalue weighted by atomic mass is 35.5. The zero-order valence-corrected chi connectivity index (χ0v) is 18.5. The number of amides is 1. The summed E-state index contributed by atoms with van der Waals surface area (Å²) in [5.41, 5.74) is 3.29. The molecule has 32 heavy (non-hydrogen) atoms. The highest BCUT2D eigenvalue weighted by molar-refractivity contribution is 6.42. The maximum absolute atomic E-state index is 12.7. The highest BCUT2D eigenvalue weighted by Gasteiger charge is 2.15. The fourth-order valence-electron chi connectivity index (χ4n) is 3.21. The molecule has 0 saturated heterocycles. The van der Waals surface area contributed by atoms with Crippen LogP contribution in [0.15, 0.2) is 81.6 Å². The van der Waals surface area contributed by atoms with Crippen LogP contribution in [0.1, 0.15) is 10.6 Å². The summed E-state index contributed by atoms with van der Waals surface area (Å²) in [5, 5.41) is 4.26. The minimum atomic E-state index is -0.391. The maximum atomic E-state index is 12.7. The second-order valence-corrected chi connectivity index (χ2v) is 8.21. The van der Waals surface area contributed by atoms with Gasteiger partial charge in [0.1, 0.15) is 11.3 Å². The maximum Gasteiger partial charge on any atom is 0.291 e. The number of nitrogens with zero attached hydrogens (tertiary/aromatic N) is 1. The van der Waals surface area contributed by atoms with Gasteiger partial charge in [-0.15, -0.1) is 0 Å². The zero-order valence-electron chi connectivity index (χ0n) is 16.2. The van der Waals surface area contributed by atoms with E-state index in [0.717, 1.165) is 5.56 Å². The Bertz CT molecular complexity index is 1470. The average molecular weight is 484 g/mol. The topological polar surface area (TPSA) is 68.3 Å². The number of halogens is 3. The number of benzene rings is 3. The van der Waals surface area contributed by atoms with Gasteiger partial charge < -0.3 is 14.2 Å². The van der Waals surface area contributed by atoms with Crippen LogP contribution in [0.25, 0.3) is 33.9 Å². The lowest BCUT2D eigenvalue weighted by molar-refractivity contribution is 0.0997. The molecule has 5 nitrogen and oxygen atoms in total. The number of furan rings is 1. The largest absolute Gasteiger partial charge is 0.451 e. The van der Waals surface area contributed by atoms with Gasteiger partial charge in [-0.05, 0) is 66.7 Å². The molecule has 0 atom stereocenters. The number of fused-ring (bicyclic) bond motifs is 1. The minimum absolute atomic E-state index is 0.160. The fourth-order valence-corrected chi connectivity index (χ4v) is 3.68. The standard InChI is InChI=1S/C24H13Cl3N2O3/c25-15-5-7-21-19(12-15)29-24(32-21)14-2-1-3-16(10-14)28-23(30)22-9-8-20(31-22)13-4-6-17(26)18(27)11-13/h1-12H,(H,28,30). The molecule has 5 aromatic rings. The monoisotopic (exact) mass is 482 g/mol. The van der Waals surface area contributed by atoms with Gasteiger partial charge in [0.2, 0.25) is 5.89 Å². The van der Waals surface area contributed by atoms with E-state index in [1.54, 1.807) is 66.7 Å². The summed E-state index contributed by atoms with van der Waals surface area (Å²) in [4.78, 5) is 17.2. The number of carbonyl (C=O) groups excluding carboxylic acids is 1.